The molecule has 1 aliphatic heterocycles. The van der Waals surface area contributed by atoms with E-state index in [1.807, 2.05) is 0 Å². The molecule has 1 aromatic carbocycles. The number of hydrogen-bond acceptors (Lipinski definition) is 4. The average Bonchev–Trinajstić information content (AvgIpc) is 3.12. The van der Waals surface area contributed by atoms with Gasteiger partial charge in [-0.15, -0.1) is 0 Å². The Hall–Kier alpha value is -1.63. The van der Waals surface area contributed by atoms with Crippen LogP contribution in [0.15, 0.2) is 18.2 Å². The van der Waals surface area contributed by atoms with Crippen LogP contribution in [0.2, 0.25) is 10.0 Å². The van der Waals surface area contributed by atoms with Gasteiger partial charge >= 0.3 is 0 Å². The molecule has 0 aromatic heterocycles. The molecule has 2 N–H and O–H groups in total. The summed E-state index contributed by atoms with van der Waals surface area (Å²) in [6.45, 7) is 3.70. The summed E-state index contributed by atoms with van der Waals surface area (Å²) < 4.78 is 0. The summed E-state index contributed by atoms with van der Waals surface area (Å²) in [6, 6.07) is 4.16. The van der Waals surface area contributed by atoms with Crippen molar-refractivity contribution in [3.63, 3.8) is 0 Å². The van der Waals surface area contributed by atoms with Crippen molar-refractivity contribution in [1.82, 2.24) is 10.2 Å². The molecule has 0 aliphatic carbocycles. The lowest BCUT2D eigenvalue weighted by molar-refractivity contribution is -0.127. The minimum absolute atomic E-state index is 0.153. The highest BCUT2D eigenvalue weighted by atomic mass is 35.5. The zero-order valence-corrected chi connectivity index (χ0v) is 18.3. The zero-order valence-electron chi connectivity index (χ0n) is 16.8. The monoisotopic (exact) mass is 441 g/mol. The van der Waals surface area contributed by atoms with Crippen LogP contribution in [0.3, 0.4) is 0 Å². The van der Waals surface area contributed by atoms with Crippen LogP contribution in [0.4, 0.5) is 5.69 Å². The smallest absolute Gasteiger partial charge is 0.246 e. The lowest BCUT2D eigenvalue weighted by atomic mass is 10.1. The Kier molecular flexibility index (Phi) is 9.91. The van der Waals surface area contributed by atoms with E-state index in [0.29, 0.717) is 35.1 Å². The van der Waals surface area contributed by atoms with E-state index in [0.717, 1.165) is 45.2 Å². The highest BCUT2D eigenvalue weighted by molar-refractivity contribution is 6.35. The fraction of sp³-hybridized carbons (Fsp3) is 0.571. The van der Waals surface area contributed by atoms with Gasteiger partial charge in [-0.3, -0.25) is 14.5 Å². The number of rotatable bonds is 11. The second kappa shape index (κ2) is 12.2. The molecule has 0 saturated carbocycles. The second-order valence-electron chi connectivity index (χ2n) is 7.55. The maximum atomic E-state index is 12.8. The van der Waals surface area contributed by atoms with E-state index in [9.17, 15) is 14.4 Å². The molecule has 1 aromatic rings. The van der Waals surface area contributed by atoms with Crippen LogP contribution in [0, 0.1) is 0 Å². The van der Waals surface area contributed by atoms with E-state index in [-0.39, 0.29) is 17.6 Å². The van der Waals surface area contributed by atoms with E-state index in [2.05, 4.69) is 15.5 Å². The lowest BCUT2D eigenvalue weighted by Gasteiger charge is -2.21. The minimum Gasteiger partial charge on any atom is -0.343 e. The van der Waals surface area contributed by atoms with Crippen LogP contribution >= 0.6 is 23.2 Å². The molecule has 2 amide bonds. The molecular weight excluding hydrogens is 413 g/mol. The molecule has 1 fully saturated rings. The van der Waals surface area contributed by atoms with Crippen molar-refractivity contribution in [3.05, 3.63) is 28.2 Å². The molecule has 8 heteroatoms. The molecule has 0 unspecified atom stereocenters. The van der Waals surface area contributed by atoms with Crippen molar-refractivity contribution in [2.75, 3.05) is 25.0 Å². The number of unbranched alkanes of at least 4 members (excludes halogenated alkanes) is 2. The van der Waals surface area contributed by atoms with Crippen molar-refractivity contribution >= 4 is 46.5 Å². The van der Waals surface area contributed by atoms with Crippen LogP contribution in [0.25, 0.3) is 0 Å². The number of nitrogens with one attached hydrogen (secondary N) is 2. The molecule has 2 rings (SSSR count). The first-order valence-electron chi connectivity index (χ1n) is 10.1. The zero-order chi connectivity index (χ0) is 21.2. The van der Waals surface area contributed by atoms with E-state index >= 15 is 0 Å². The first-order valence-corrected chi connectivity index (χ1v) is 10.9. The third-order valence-electron chi connectivity index (χ3n) is 4.87. The predicted octanol–water partition coefficient (Wildman–Crippen LogP) is 4.05. The van der Waals surface area contributed by atoms with Crippen molar-refractivity contribution in [2.45, 2.75) is 57.9 Å². The van der Waals surface area contributed by atoms with Gasteiger partial charge in [0.2, 0.25) is 11.8 Å². The number of likely N-dealkylation sites (tertiary alicyclic amines) is 1. The highest BCUT2D eigenvalue weighted by Crippen LogP contribution is 2.23. The molecule has 0 bridgehead atoms. The maximum Gasteiger partial charge on any atom is 0.246 e. The topological polar surface area (TPSA) is 78.5 Å². The van der Waals surface area contributed by atoms with Gasteiger partial charge in [0.25, 0.3) is 0 Å². The van der Waals surface area contributed by atoms with E-state index in [1.54, 1.807) is 25.1 Å². The molecule has 160 valence electrons. The lowest BCUT2D eigenvalue weighted by Crippen LogP contribution is -2.47. The third kappa shape index (κ3) is 9.15. The van der Waals surface area contributed by atoms with Gasteiger partial charge in [0.05, 0.1) is 6.54 Å². The first kappa shape index (κ1) is 23.6. The summed E-state index contributed by atoms with van der Waals surface area (Å²) in [5.41, 5.74) is 0.489. The molecule has 1 atom stereocenters. The number of anilines is 1. The molecule has 1 aliphatic rings. The summed E-state index contributed by atoms with van der Waals surface area (Å²) in [5, 5.41) is 6.50. The van der Waals surface area contributed by atoms with E-state index in [1.165, 1.54) is 0 Å². The summed E-state index contributed by atoms with van der Waals surface area (Å²) in [5.74, 6) is -0.291. The van der Waals surface area contributed by atoms with Crippen molar-refractivity contribution in [2.24, 2.45) is 0 Å². The fourth-order valence-corrected chi connectivity index (χ4v) is 3.93. The van der Waals surface area contributed by atoms with Gasteiger partial charge in [-0.05, 0) is 63.9 Å². The number of ketones is 1. The molecular formula is C21H29Cl2N3O3. The number of amides is 2. The quantitative estimate of drug-likeness (QED) is 0.507. The Morgan fingerprint density at radius 2 is 1.69 bits per heavy atom. The van der Waals surface area contributed by atoms with Gasteiger partial charge in [-0.1, -0.05) is 36.0 Å². The van der Waals surface area contributed by atoms with Crippen LogP contribution in [-0.4, -0.2) is 48.2 Å². The molecule has 0 spiro atoms. The van der Waals surface area contributed by atoms with E-state index < -0.39 is 6.04 Å². The van der Waals surface area contributed by atoms with Crippen molar-refractivity contribution in [3.8, 4) is 0 Å². The fourth-order valence-electron chi connectivity index (χ4n) is 3.41. The van der Waals surface area contributed by atoms with Gasteiger partial charge in [0, 0.05) is 22.2 Å². The molecule has 0 radical (unpaired) electrons. The molecule has 29 heavy (non-hydrogen) atoms. The van der Waals surface area contributed by atoms with Gasteiger partial charge in [0.15, 0.2) is 0 Å². The average molecular weight is 442 g/mol. The SMILES string of the molecule is CC(=O)CCCCC[C@H](NC(=O)CN1CCCC1)C(=O)Nc1cc(Cl)cc(Cl)c1. The number of Topliss-reactive ketones (excluding diaryl/α,β-unsaturated/α-hetero) is 1. The third-order valence-corrected chi connectivity index (χ3v) is 5.31. The van der Waals surface area contributed by atoms with Gasteiger partial charge < -0.3 is 15.4 Å². The highest BCUT2D eigenvalue weighted by Gasteiger charge is 2.23. The van der Waals surface area contributed by atoms with Gasteiger partial charge in [-0.25, -0.2) is 0 Å². The Bertz CT molecular complexity index is 701. The number of halogens is 2. The minimum atomic E-state index is -0.653. The van der Waals surface area contributed by atoms with Gasteiger partial charge in [0.1, 0.15) is 11.8 Å². The molecule has 6 nitrogen and oxygen atoms in total. The first-order chi connectivity index (χ1) is 13.8. The number of hydrogen-bond donors (Lipinski definition) is 2. The summed E-state index contributed by atoms with van der Waals surface area (Å²) >= 11 is 12.0. The summed E-state index contributed by atoms with van der Waals surface area (Å²) in [4.78, 5) is 38.4. The normalized spacial score (nSPS) is 15.1. The summed E-state index contributed by atoms with van der Waals surface area (Å²) in [6.07, 6.45) is 5.60. The molecule has 1 heterocycles. The standard InChI is InChI=1S/C21H29Cl2N3O3/c1-15(27)7-3-2-4-8-19(25-20(28)14-26-9-5-6-10-26)21(29)24-18-12-16(22)11-17(23)13-18/h11-13,19H,2-10,14H2,1H3,(H,24,29)(H,25,28)/t19-/m0/s1. The number of benzene rings is 1. The van der Waals surface area contributed by atoms with Crippen LogP contribution < -0.4 is 10.6 Å². The Labute approximate surface area is 182 Å². The van der Waals surface area contributed by atoms with Crippen LogP contribution in [0.1, 0.15) is 51.9 Å². The number of carbonyl (C=O) groups is 3. The van der Waals surface area contributed by atoms with Crippen molar-refractivity contribution in [1.29, 1.82) is 0 Å². The largest absolute Gasteiger partial charge is 0.343 e. The van der Waals surface area contributed by atoms with Gasteiger partial charge in [-0.2, -0.15) is 0 Å². The summed E-state index contributed by atoms with van der Waals surface area (Å²) in [7, 11) is 0. The van der Waals surface area contributed by atoms with Crippen molar-refractivity contribution < 1.29 is 14.4 Å². The Morgan fingerprint density at radius 3 is 2.31 bits per heavy atom. The number of nitrogens with zero attached hydrogens (tertiary/aromatic N) is 1. The van der Waals surface area contributed by atoms with Crippen LogP contribution in [0.5, 0.6) is 0 Å². The molecule has 1 saturated heterocycles. The second-order valence-corrected chi connectivity index (χ2v) is 8.42. The maximum absolute atomic E-state index is 12.8. The number of carbonyl (C=O) groups excluding carboxylic acids is 3. The van der Waals surface area contributed by atoms with E-state index in [4.69, 9.17) is 23.2 Å². The Morgan fingerprint density at radius 1 is 1.03 bits per heavy atom. The van der Waals surface area contributed by atoms with Crippen LogP contribution in [-0.2, 0) is 14.4 Å². The Balaban J connectivity index is 1.94. The predicted molar refractivity (Wildman–Crippen MR) is 116 cm³/mol.